The fourth-order valence-electron chi connectivity index (χ4n) is 3.57. The number of nitrogens with one attached hydrogen (secondary N) is 1. The first-order valence-corrected chi connectivity index (χ1v) is 9.22. The largest absolute Gasteiger partial charge is 0.480 e. The van der Waals surface area contributed by atoms with Gasteiger partial charge < -0.3 is 15.0 Å². The molecule has 4 rings (SSSR count). The minimum absolute atomic E-state index is 0.326. The SMILES string of the molecule is COc1nccc(NCc2cccnc2N2CCc3ccccc3C2)c1C#N. The minimum atomic E-state index is 0.326. The van der Waals surface area contributed by atoms with E-state index in [9.17, 15) is 5.26 Å². The molecule has 6 nitrogen and oxygen atoms in total. The van der Waals surface area contributed by atoms with Gasteiger partial charge in [-0.15, -0.1) is 0 Å². The maximum absolute atomic E-state index is 9.45. The van der Waals surface area contributed by atoms with Gasteiger partial charge in [-0.1, -0.05) is 30.3 Å². The van der Waals surface area contributed by atoms with Crippen molar-refractivity contribution in [2.24, 2.45) is 0 Å². The summed E-state index contributed by atoms with van der Waals surface area (Å²) in [7, 11) is 1.51. The molecule has 1 aliphatic heterocycles. The zero-order valence-corrected chi connectivity index (χ0v) is 15.7. The molecule has 0 atom stereocenters. The molecule has 0 aliphatic carbocycles. The Bertz CT molecular complexity index is 1030. The molecule has 6 heteroatoms. The number of hydrogen-bond acceptors (Lipinski definition) is 6. The predicted molar refractivity (Wildman–Crippen MR) is 108 cm³/mol. The lowest BCUT2D eigenvalue weighted by Gasteiger charge is -2.31. The molecule has 140 valence electrons. The van der Waals surface area contributed by atoms with E-state index in [1.165, 1.54) is 18.2 Å². The smallest absolute Gasteiger partial charge is 0.233 e. The van der Waals surface area contributed by atoms with Crippen LogP contribution in [0.1, 0.15) is 22.3 Å². The molecule has 0 spiro atoms. The van der Waals surface area contributed by atoms with Crippen molar-refractivity contribution in [1.82, 2.24) is 9.97 Å². The Kier molecular flexibility index (Phi) is 5.07. The summed E-state index contributed by atoms with van der Waals surface area (Å²) >= 11 is 0. The highest BCUT2D eigenvalue weighted by atomic mass is 16.5. The van der Waals surface area contributed by atoms with Gasteiger partial charge >= 0.3 is 0 Å². The molecule has 0 radical (unpaired) electrons. The van der Waals surface area contributed by atoms with Gasteiger partial charge in [-0.2, -0.15) is 5.26 Å². The van der Waals surface area contributed by atoms with Crippen molar-refractivity contribution in [2.45, 2.75) is 19.5 Å². The second-order valence-corrected chi connectivity index (χ2v) is 6.63. The predicted octanol–water partition coefficient (Wildman–Crippen LogP) is 3.53. The highest BCUT2D eigenvalue weighted by Crippen LogP contribution is 2.27. The average molecular weight is 371 g/mol. The van der Waals surface area contributed by atoms with Crippen molar-refractivity contribution in [1.29, 1.82) is 5.26 Å². The first kappa shape index (κ1) is 17.8. The van der Waals surface area contributed by atoms with Gasteiger partial charge in [0.05, 0.1) is 12.8 Å². The molecular formula is C22H21N5O. The Morgan fingerprint density at radius 2 is 1.96 bits per heavy atom. The van der Waals surface area contributed by atoms with Crippen LogP contribution in [-0.4, -0.2) is 23.6 Å². The number of rotatable bonds is 5. The van der Waals surface area contributed by atoms with Crippen molar-refractivity contribution in [3.8, 4) is 11.9 Å². The number of fused-ring (bicyclic) bond motifs is 1. The molecule has 0 saturated carbocycles. The number of pyridine rings is 2. The molecule has 0 fully saturated rings. The van der Waals surface area contributed by atoms with Crippen LogP contribution in [0.25, 0.3) is 0 Å². The zero-order chi connectivity index (χ0) is 19.3. The molecule has 0 saturated heterocycles. The zero-order valence-electron chi connectivity index (χ0n) is 15.7. The van der Waals surface area contributed by atoms with Crippen LogP contribution >= 0.6 is 0 Å². The number of ether oxygens (including phenoxy) is 1. The number of nitriles is 1. The summed E-state index contributed by atoms with van der Waals surface area (Å²) in [5.41, 5.74) is 4.96. The molecule has 0 amide bonds. The van der Waals surface area contributed by atoms with Crippen LogP contribution in [0.3, 0.4) is 0 Å². The Hall–Kier alpha value is -3.59. The summed E-state index contributed by atoms with van der Waals surface area (Å²) in [5, 5.41) is 12.8. The summed E-state index contributed by atoms with van der Waals surface area (Å²) in [5.74, 6) is 1.30. The number of benzene rings is 1. The molecule has 28 heavy (non-hydrogen) atoms. The molecular weight excluding hydrogens is 350 g/mol. The second-order valence-electron chi connectivity index (χ2n) is 6.63. The van der Waals surface area contributed by atoms with E-state index >= 15 is 0 Å². The van der Waals surface area contributed by atoms with Crippen molar-refractivity contribution in [3.63, 3.8) is 0 Å². The quantitative estimate of drug-likeness (QED) is 0.740. The highest BCUT2D eigenvalue weighted by molar-refractivity contribution is 5.62. The molecule has 1 N–H and O–H groups in total. The van der Waals surface area contributed by atoms with Gasteiger partial charge in [0.15, 0.2) is 0 Å². The van der Waals surface area contributed by atoms with E-state index in [0.29, 0.717) is 23.7 Å². The van der Waals surface area contributed by atoms with E-state index in [0.717, 1.165) is 30.9 Å². The van der Waals surface area contributed by atoms with Crippen molar-refractivity contribution >= 4 is 11.5 Å². The van der Waals surface area contributed by atoms with E-state index in [1.807, 2.05) is 12.3 Å². The van der Waals surface area contributed by atoms with Gasteiger partial charge in [-0.3, -0.25) is 0 Å². The van der Waals surface area contributed by atoms with Gasteiger partial charge in [-0.25, -0.2) is 9.97 Å². The average Bonchev–Trinajstić information content (AvgIpc) is 2.77. The van der Waals surface area contributed by atoms with Crippen LogP contribution in [0.5, 0.6) is 5.88 Å². The normalized spacial score (nSPS) is 12.8. The Labute approximate surface area is 164 Å². The summed E-state index contributed by atoms with van der Waals surface area (Å²) in [6.45, 7) is 2.35. The molecule has 0 bridgehead atoms. The minimum Gasteiger partial charge on any atom is -0.480 e. The molecule has 2 aromatic heterocycles. The number of nitrogens with zero attached hydrogens (tertiary/aromatic N) is 4. The van der Waals surface area contributed by atoms with Crippen LogP contribution in [0, 0.1) is 11.3 Å². The fraction of sp³-hybridized carbons (Fsp3) is 0.227. The Morgan fingerprint density at radius 3 is 2.79 bits per heavy atom. The maximum atomic E-state index is 9.45. The lowest BCUT2D eigenvalue weighted by atomic mass is 9.99. The van der Waals surface area contributed by atoms with Crippen LogP contribution in [0.4, 0.5) is 11.5 Å². The first-order valence-electron chi connectivity index (χ1n) is 9.22. The summed E-state index contributed by atoms with van der Waals surface area (Å²) in [6.07, 6.45) is 4.48. The Morgan fingerprint density at radius 1 is 1.11 bits per heavy atom. The number of anilines is 2. The summed E-state index contributed by atoms with van der Waals surface area (Å²) in [4.78, 5) is 11.1. The number of hydrogen-bond donors (Lipinski definition) is 1. The summed E-state index contributed by atoms with van der Waals surface area (Å²) < 4.78 is 5.19. The third kappa shape index (κ3) is 3.47. The maximum Gasteiger partial charge on any atom is 0.233 e. The van der Waals surface area contributed by atoms with Crippen molar-refractivity contribution < 1.29 is 4.74 Å². The third-order valence-corrected chi connectivity index (χ3v) is 4.99. The van der Waals surface area contributed by atoms with E-state index in [-0.39, 0.29) is 0 Å². The van der Waals surface area contributed by atoms with Gasteiger partial charge in [0.1, 0.15) is 17.5 Å². The highest BCUT2D eigenvalue weighted by Gasteiger charge is 2.19. The molecule has 3 aromatic rings. The molecule has 1 aliphatic rings. The number of methoxy groups -OCH3 is 1. The molecule has 1 aromatic carbocycles. The topological polar surface area (TPSA) is 74.1 Å². The van der Waals surface area contributed by atoms with Crippen LogP contribution in [-0.2, 0) is 19.5 Å². The van der Waals surface area contributed by atoms with E-state index in [2.05, 4.69) is 56.6 Å². The monoisotopic (exact) mass is 371 g/mol. The van der Waals surface area contributed by atoms with Gasteiger partial charge in [0.25, 0.3) is 0 Å². The van der Waals surface area contributed by atoms with Gasteiger partial charge in [0, 0.05) is 37.6 Å². The van der Waals surface area contributed by atoms with Crippen LogP contribution < -0.4 is 15.0 Å². The lowest BCUT2D eigenvalue weighted by molar-refractivity contribution is 0.397. The standard InChI is InChI=1S/C22H21N5O/c1-28-22-19(13-23)20(8-11-25-22)26-14-17-7-4-10-24-21(17)27-12-9-16-5-2-3-6-18(16)15-27/h2-8,10-11H,9,12,14-15H2,1H3,(H,25,26). The van der Waals surface area contributed by atoms with Crippen LogP contribution in [0.2, 0.25) is 0 Å². The van der Waals surface area contributed by atoms with Crippen molar-refractivity contribution in [3.05, 3.63) is 77.1 Å². The first-order chi connectivity index (χ1) is 13.8. The van der Waals surface area contributed by atoms with Crippen molar-refractivity contribution in [2.75, 3.05) is 23.9 Å². The number of aromatic nitrogens is 2. The third-order valence-electron chi connectivity index (χ3n) is 4.99. The second kappa shape index (κ2) is 7.97. The lowest BCUT2D eigenvalue weighted by Crippen LogP contribution is -2.32. The van der Waals surface area contributed by atoms with Gasteiger partial charge in [-0.05, 0) is 29.7 Å². The molecule has 0 unspecified atom stereocenters. The summed E-state index contributed by atoms with van der Waals surface area (Å²) in [6, 6.07) is 16.5. The fourth-order valence-corrected chi connectivity index (χ4v) is 3.57. The van der Waals surface area contributed by atoms with E-state index in [1.54, 1.807) is 12.3 Å². The van der Waals surface area contributed by atoms with Crippen LogP contribution in [0.15, 0.2) is 54.9 Å². The van der Waals surface area contributed by atoms with Gasteiger partial charge in [0.2, 0.25) is 5.88 Å². The Balaban J connectivity index is 1.56. The van der Waals surface area contributed by atoms with E-state index < -0.39 is 0 Å². The molecule has 3 heterocycles. The van der Waals surface area contributed by atoms with E-state index in [4.69, 9.17) is 4.74 Å².